The van der Waals surface area contributed by atoms with E-state index in [0.29, 0.717) is 33.9 Å². The number of likely N-dealkylation sites (N-methyl/N-ethyl adjacent to an activating group) is 3. The SMILES string of the molecule is COC(=O)[C@@H]1Cc2ccc(OC)c(c2)Nc2ccc(cc2)C[C@H](N(C)C(=O)[C@H](C)NC(=O)[C@H](Cc2ccc(OC)cc2)N(C)C(=O)[C@H](C)NC(=O)[C@@H](C)NC(=O)OC(C)(C)C)C(=O)N1C. The lowest BCUT2D eigenvalue weighted by Gasteiger charge is -2.36. The summed E-state index contributed by atoms with van der Waals surface area (Å²) in [6.45, 7) is 9.40. The van der Waals surface area contributed by atoms with E-state index in [1.165, 1.54) is 70.8 Å². The summed E-state index contributed by atoms with van der Waals surface area (Å²) in [7, 11) is 8.66. The van der Waals surface area contributed by atoms with Gasteiger partial charge in [-0.3, -0.25) is 24.0 Å². The summed E-state index contributed by atoms with van der Waals surface area (Å²) < 4.78 is 21.2. The van der Waals surface area contributed by atoms with E-state index in [1.807, 2.05) is 30.3 Å². The number of esters is 1. The minimum atomic E-state index is -1.21. The largest absolute Gasteiger partial charge is 0.497 e. The first-order chi connectivity index (χ1) is 30.6. The number of benzene rings is 3. The van der Waals surface area contributed by atoms with Gasteiger partial charge in [-0.15, -0.1) is 0 Å². The first-order valence-corrected chi connectivity index (χ1v) is 21.2. The molecule has 3 aromatic rings. The van der Waals surface area contributed by atoms with Gasteiger partial charge in [-0.25, -0.2) is 9.59 Å². The number of carbonyl (C=O) groups is 7. The molecule has 0 fully saturated rings. The molecule has 3 aromatic carbocycles. The van der Waals surface area contributed by atoms with Crippen LogP contribution < -0.4 is 30.7 Å². The number of nitrogens with one attached hydrogen (secondary N) is 4. The van der Waals surface area contributed by atoms with Crippen LogP contribution in [0.15, 0.2) is 66.7 Å². The first-order valence-electron chi connectivity index (χ1n) is 21.2. The van der Waals surface area contributed by atoms with Gasteiger partial charge in [-0.2, -0.15) is 0 Å². The second-order valence-electron chi connectivity index (χ2n) is 17.1. The van der Waals surface area contributed by atoms with Gasteiger partial charge in [0.1, 0.15) is 53.4 Å². The van der Waals surface area contributed by atoms with Gasteiger partial charge >= 0.3 is 12.1 Å². The normalized spacial score (nSPS) is 16.8. The predicted molar refractivity (Wildman–Crippen MR) is 243 cm³/mol. The molecule has 0 radical (unpaired) electrons. The average Bonchev–Trinajstić information content (AvgIpc) is 3.27. The number of amides is 6. The number of ether oxygens (including phenoxy) is 4. The Morgan fingerprint density at radius 1 is 0.769 bits per heavy atom. The van der Waals surface area contributed by atoms with Gasteiger partial charge in [-0.05, 0) is 94.6 Å². The first kappa shape index (κ1) is 50.8. The number of hydrogen-bond acceptors (Lipinski definition) is 12. The highest BCUT2D eigenvalue weighted by atomic mass is 16.6. The van der Waals surface area contributed by atoms with Crippen molar-refractivity contribution in [3.05, 3.63) is 83.4 Å². The van der Waals surface area contributed by atoms with E-state index in [-0.39, 0.29) is 19.3 Å². The molecule has 0 aromatic heterocycles. The van der Waals surface area contributed by atoms with Gasteiger partial charge in [0.2, 0.25) is 29.5 Å². The highest BCUT2D eigenvalue weighted by Gasteiger charge is 2.38. The van der Waals surface area contributed by atoms with Crippen LogP contribution in [0.2, 0.25) is 0 Å². The van der Waals surface area contributed by atoms with Gasteiger partial charge in [0.15, 0.2) is 0 Å². The van der Waals surface area contributed by atoms with Crippen LogP contribution in [0.3, 0.4) is 0 Å². The van der Waals surface area contributed by atoms with Crippen molar-refractivity contribution in [2.45, 2.75) is 103 Å². The lowest BCUT2D eigenvalue weighted by Crippen LogP contribution is -2.59. The van der Waals surface area contributed by atoms with Crippen LogP contribution in [0.25, 0.3) is 0 Å². The molecule has 0 saturated heterocycles. The van der Waals surface area contributed by atoms with Gasteiger partial charge in [0.25, 0.3) is 0 Å². The lowest BCUT2D eigenvalue weighted by atomic mass is 9.99. The highest BCUT2D eigenvalue weighted by molar-refractivity contribution is 5.96. The van der Waals surface area contributed by atoms with Crippen molar-refractivity contribution in [3.63, 3.8) is 0 Å². The number of rotatable bonds is 14. The Morgan fingerprint density at radius 2 is 1.37 bits per heavy atom. The van der Waals surface area contributed by atoms with Crippen LogP contribution in [0.4, 0.5) is 16.2 Å². The van der Waals surface area contributed by atoms with Crippen molar-refractivity contribution in [1.29, 1.82) is 0 Å². The fourth-order valence-electron chi connectivity index (χ4n) is 7.23. The van der Waals surface area contributed by atoms with E-state index in [1.54, 1.807) is 64.3 Å². The second kappa shape index (κ2) is 22.2. The quantitative estimate of drug-likeness (QED) is 0.172. The Morgan fingerprint density at radius 3 is 1.95 bits per heavy atom. The number of anilines is 2. The summed E-state index contributed by atoms with van der Waals surface area (Å²) in [5, 5.41) is 11.1. The summed E-state index contributed by atoms with van der Waals surface area (Å²) in [6.07, 6.45) is -0.655. The maximum atomic E-state index is 14.6. The van der Waals surface area contributed by atoms with Crippen molar-refractivity contribution in [1.82, 2.24) is 30.7 Å². The molecule has 4 bridgehead atoms. The van der Waals surface area contributed by atoms with Crippen LogP contribution in [0, 0.1) is 0 Å². The zero-order valence-electron chi connectivity index (χ0n) is 39.3. The summed E-state index contributed by atoms with van der Waals surface area (Å²) in [4.78, 5) is 99.5. The molecule has 0 spiro atoms. The topological polar surface area (TPSA) is 214 Å². The number of methoxy groups -OCH3 is 3. The smallest absolute Gasteiger partial charge is 0.408 e. The molecule has 0 saturated carbocycles. The van der Waals surface area contributed by atoms with E-state index in [4.69, 9.17) is 18.9 Å². The molecule has 6 amide bonds. The lowest BCUT2D eigenvalue weighted by molar-refractivity contribution is -0.155. The molecule has 6 atom stereocenters. The molecule has 18 heteroatoms. The Balaban J connectivity index is 1.59. The number of carbonyl (C=O) groups excluding carboxylic acids is 7. The second-order valence-corrected chi connectivity index (χ2v) is 17.1. The van der Waals surface area contributed by atoms with E-state index < -0.39 is 83.5 Å². The highest BCUT2D eigenvalue weighted by Crippen LogP contribution is 2.31. The molecule has 2 aliphatic rings. The maximum absolute atomic E-state index is 14.6. The van der Waals surface area contributed by atoms with Crippen LogP contribution in [-0.2, 0) is 57.5 Å². The van der Waals surface area contributed by atoms with Crippen molar-refractivity contribution in [2.24, 2.45) is 0 Å². The molecule has 0 aliphatic carbocycles. The minimum absolute atomic E-state index is 0.00739. The van der Waals surface area contributed by atoms with E-state index in [2.05, 4.69) is 21.3 Å². The van der Waals surface area contributed by atoms with Crippen LogP contribution in [0.5, 0.6) is 11.5 Å². The Bertz CT molecular complexity index is 2190. The molecular formula is C47H63N7O11. The number of nitrogens with zero attached hydrogens (tertiary/aromatic N) is 3. The molecule has 352 valence electrons. The van der Waals surface area contributed by atoms with Crippen LogP contribution >= 0.6 is 0 Å². The van der Waals surface area contributed by atoms with Gasteiger partial charge in [0, 0.05) is 46.1 Å². The molecule has 18 nitrogen and oxygen atoms in total. The molecule has 0 unspecified atom stereocenters. The summed E-state index contributed by atoms with van der Waals surface area (Å²) in [5.74, 6) is -2.65. The molecule has 65 heavy (non-hydrogen) atoms. The zero-order chi connectivity index (χ0) is 48.3. The fraction of sp³-hybridized carbons (Fsp3) is 0.468. The number of fused-ring (bicyclic) bond motifs is 7. The molecule has 4 N–H and O–H groups in total. The third kappa shape index (κ3) is 13.6. The van der Waals surface area contributed by atoms with Gasteiger partial charge in [0.05, 0.1) is 27.0 Å². The van der Waals surface area contributed by atoms with Crippen LogP contribution in [-0.4, -0.2) is 141 Å². The third-order valence-electron chi connectivity index (χ3n) is 11.0. The predicted octanol–water partition coefficient (Wildman–Crippen LogP) is 3.37. The van der Waals surface area contributed by atoms with Crippen molar-refractivity contribution in [3.8, 4) is 11.5 Å². The number of alkyl carbamates (subject to hydrolysis) is 1. The van der Waals surface area contributed by atoms with E-state index in [9.17, 15) is 33.6 Å². The minimum Gasteiger partial charge on any atom is -0.497 e. The average molecular weight is 902 g/mol. The monoisotopic (exact) mass is 901 g/mol. The Labute approximate surface area is 380 Å². The van der Waals surface area contributed by atoms with Gasteiger partial charge in [-0.1, -0.05) is 30.3 Å². The molecule has 5 rings (SSSR count). The summed E-state index contributed by atoms with van der Waals surface area (Å²) in [6, 6.07) is 12.8. The fourth-order valence-corrected chi connectivity index (χ4v) is 7.23. The summed E-state index contributed by atoms with van der Waals surface area (Å²) >= 11 is 0. The van der Waals surface area contributed by atoms with Crippen molar-refractivity contribution in [2.75, 3.05) is 47.8 Å². The van der Waals surface area contributed by atoms with E-state index in [0.717, 1.165) is 5.69 Å². The Hall–Kier alpha value is -6.85. The summed E-state index contributed by atoms with van der Waals surface area (Å²) in [5.41, 5.74) is 2.68. The Kier molecular flexibility index (Phi) is 17.3. The molecule has 2 aliphatic heterocycles. The number of hydrogen-bond donors (Lipinski definition) is 4. The van der Waals surface area contributed by atoms with Crippen molar-refractivity contribution >= 4 is 53.0 Å². The van der Waals surface area contributed by atoms with Crippen LogP contribution in [0.1, 0.15) is 58.2 Å². The standard InChI is InChI=1S/C47H63N7O11/c1-27(50-46(61)65-47(4,5)6)40(55)48-28(2)42(57)52(7)36(24-31-15-20-34(62-10)21-16-31)41(56)49-29(3)43(58)53(8)37-25-30-13-18-33(19-14-30)51-35-23-32(17-22-39(35)63-11)26-38(45(60)64-12)54(9)44(37)59/h13-23,27-29,36-38,51H,24-26H2,1-12H3,(H,48,55)(H,49,56)(H,50,61)/t27-,28+,29+,36+,37+,38+/m1/s1. The maximum Gasteiger partial charge on any atom is 0.408 e. The van der Waals surface area contributed by atoms with Crippen molar-refractivity contribution < 1.29 is 52.5 Å². The molecule has 2 heterocycles. The van der Waals surface area contributed by atoms with E-state index >= 15 is 0 Å². The molecular weight excluding hydrogens is 839 g/mol. The van der Waals surface area contributed by atoms with Gasteiger partial charge < -0.3 is 54.9 Å². The zero-order valence-corrected chi connectivity index (χ0v) is 39.3. The third-order valence-corrected chi connectivity index (χ3v) is 11.0.